The molecule has 1 aromatic heterocycles. The summed E-state index contributed by atoms with van der Waals surface area (Å²) < 4.78 is 0. The van der Waals surface area contributed by atoms with Crippen LogP contribution in [0.5, 0.6) is 0 Å². The number of pyridine rings is 1. The van der Waals surface area contributed by atoms with Crippen molar-refractivity contribution in [3.05, 3.63) is 42.2 Å². The van der Waals surface area contributed by atoms with E-state index in [0.29, 0.717) is 5.56 Å². The molecule has 2 heteroatoms. The van der Waals surface area contributed by atoms with Gasteiger partial charge in [0.2, 0.25) is 0 Å². The summed E-state index contributed by atoms with van der Waals surface area (Å²) in [6.45, 7) is 0. The van der Waals surface area contributed by atoms with Crippen molar-refractivity contribution in [2.75, 3.05) is 0 Å². The van der Waals surface area contributed by atoms with E-state index >= 15 is 0 Å². The van der Waals surface area contributed by atoms with Crippen LogP contribution in [-0.4, -0.2) is 4.98 Å². The van der Waals surface area contributed by atoms with Gasteiger partial charge < -0.3 is 0 Å². The van der Waals surface area contributed by atoms with Crippen molar-refractivity contribution in [3.63, 3.8) is 0 Å². The average molecular weight is 154 g/mol. The van der Waals surface area contributed by atoms with Gasteiger partial charge in [-0.25, -0.2) is 0 Å². The topological polar surface area (TPSA) is 36.7 Å². The number of aromatic nitrogens is 1. The Morgan fingerprint density at radius 2 is 2.08 bits per heavy atom. The molecule has 1 heterocycles. The third-order valence-electron chi connectivity index (χ3n) is 1.77. The molecule has 0 fully saturated rings. The maximum atomic E-state index is 8.63. The molecule has 0 aliphatic carbocycles. The molecular weight excluding hydrogens is 148 g/mol. The molecule has 0 bridgehead atoms. The third-order valence-corrected chi connectivity index (χ3v) is 1.77. The molecule has 0 amide bonds. The molecule has 0 atom stereocenters. The quantitative estimate of drug-likeness (QED) is 0.582. The number of hydrogen-bond donors (Lipinski definition) is 0. The molecule has 0 saturated carbocycles. The lowest BCUT2D eigenvalue weighted by atomic mass is 10.1. The Morgan fingerprint density at radius 1 is 1.17 bits per heavy atom. The van der Waals surface area contributed by atoms with E-state index in [1.54, 1.807) is 12.4 Å². The van der Waals surface area contributed by atoms with E-state index in [9.17, 15) is 0 Å². The van der Waals surface area contributed by atoms with Crippen LogP contribution in [0.1, 0.15) is 5.56 Å². The molecular formula is C10H6N2. The lowest BCUT2D eigenvalue weighted by Gasteiger charge is -1.94. The minimum atomic E-state index is 0.676. The standard InChI is InChI=1S/C10H6N2/c11-6-8-1-2-9-3-4-12-7-10(9)5-8/h1-5,7H. The van der Waals surface area contributed by atoms with Gasteiger partial charge in [0.05, 0.1) is 11.6 Å². The molecule has 1 aromatic carbocycles. The van der Waals surface area contributed by atoms with Crippen LogP contribution in [0.4, 0.5) is 0 Å². The summed E-state index contributed by atoms with van der Waals surface area (Å²) in [4.78, 5) is 3.98. The van der Waals surface area contributed by atoms with Crippen LogP contribution in [0, 0.1) is 11.3 Å². The van der Waals surface area contributed by atoms with Crippen molar-refractivity contribution in [2.45, 2.75) is 0 Å². The Bertz CT molecular complexity index is 455. The first kappa shape index (κ1) is 6.81. The van der Waals surface area contributed by atoms with Crippen molar-refractivity contribution >= 4 is 10.8 Å². The van der Waals surface area contributed by atoms with Crippen LogP contribution in [0.3, 0.4) is 0 Å². The molecule has 0 N–H and O–H groups in total. The van der Waals surface area contributed by atoms with Gasteiger partial charge in [0.1, 0.15) is 0 Å². The summed E-state index contributed by atoms with van der Waals surface area (Å²) in [7, 11) is 0. The highest BCUT2D eigenvalue weighted by atomic mass is 14.6. The monoisotopic (exact) mass is 154 g/mol. The Balaban J connectivity index is 2.78. The van der Waals surface area contributed by atoms with Crippen LogP contribution < -0.4 is 0 Å². The SMILES string of the molecule is N#Cc1ccc2ccncc2c1. The lowest BCUT2D eigenvalue weighted by Crippen LogP contribution is -1.77. The first-order valence-corrected chi connectivity index (χ1v) is 3.64. The second kappa shape index (κ2) is 2.63. The summed E-state index contributed by atoms with van der Waals surface area (Å²) in [6, 6.07) is 9.59. The van der Waals surface area contributed by atoms with E-state index in [1.165, 1.54) is 0 Å². The van der Waals surface area contributed by atoms with Gasteiger partial charge in [-0.2, -0.15) is 5.26 Å². The predicted octanol–water partition coefficient (Wildman–Crippen LogP) is 2.11. The molecule has 2 aromatic rings. The summed E-state index contributed by atoms with van der Waals surface area (Å²) in [5, 5.41) is 10.8. The number of nitrogens with zero attached hydrogens (tertiary/aromatic N) is 2. The van der Waals surface area contributed by atoms with Gasteiger partial charge in [-0.15, -0.1) is 0 Å². The molecule has 12 heavy (non-hydrogen) atoms. The smallest absolute Gasteiger partial charge is 0.0991 e. The number of rotatable bonds is 0. The lowest BCUT2D eigenvalue weighted by molar-refractivity contribution is 1.36. The highest BCUT2D eigenvalue weighted by Gasteiger charge is 1.93. The summed E-state index contributed by atoms with van der Waals surface area (Å²) in [5.41, 5.74) is 0.676. The summed E-state index contributed by atoms with van der Waals surface area (Å²) >= 11 is 0. The van der Waals surface area contributed by atoms with Crippen molar-refractivity contribution in [1.29, 1.82) is 5.26 Å². The zero-order valence-electron chi connectivity index (χ0n) is 6.36. The third kappa shape index (κ3) is 1.02. The first-order valence-electron chi connectivity index (χ1n) is 3.64. The van der Waals surface area contributed by atoms with E-state index in [2.05, 4.69) is 11.1 Å². The van der Waals surface area contributed by atoms with Gasteiger partial charge in [0.15, 0.2) is 0 Å². The second-order valence-electron chi connectivity index (χ2n) is 2.55. The minimum absolute atomic E-state index is 0.676. The van der Waals surface area contributed by atoms with Crippen LogP contribution >= 0.6 is 0 Å². The fourth-order valence-electron chi connectivity index (χ4n) is 1.15. The second-order valence-corrected chi connectivity index (χ2v) is 2.55. The van der Waals surface area contributed by atoms with Crippen LogP contribution in [0.15, 0.2) is 36.7 Å². The van der Waals surface area contributed by atoms with Gasteiger partial charge in [-0.3, -0.25) is 4.98 Å². The van der Waals surface area contributed by atoms with Gasteiger partial charge in [0.25, 0.3) is 0 Å². The number of nitriles is 1. The molecule has 2 nitrogen and oxygen atoms in total. The molecule has 2 rings (SSSR count). The normalized spacial score (nSPS) is 9.58. The Labute approximate surface area is 70.1 Å². The zero-order valence-corrected chi connectivity index (χ0v) is 6.36. The zero-order chi connectivity index (χ0) is 8.39. The molecule has 0 aliphatic rings. The predicted molar refractivity (Wildman–Crippen MR) is 46.5 cm³/mol. The van der Waals surface area contributed by atoms with E-state index in [-0.39, 0.29) is 0 Å². The van der Waals surface area contributed by atoms with Gasteiger partial charge >= 0.3 is 0 Å². The van der Waals surface area contributed by atoms with Crippen molar-refractivity contribution < 1.29 is 0 Å². The van der Waals surface area contributed by atoms with Gasteiger partial charge in [-0.05, 0) is 23.6 Å². The van der Waals surface area contributed by atoms with Crippen LogP contribution in [0.2, 0.25) is 0 Å². The van der Waals surface area contributed by atoms with Crippen LogP contribution in [0.25, 0.3) is 10.8 Å². The molecule has 0 spiro atoms. The fraction of sp³-hybridized carbons (Fsp3) is 0. The van der Waals surface area contributed by atoms with E-state index in [4.69, 9.17) is 5.26 Å². The molecule has 0 unspecified atom stereocenters. The highest BCUT2D eigenvalue weighted by molar-refractivity contribution is 5.82. The number of fused-ring (bicyclic) bond motifs is 1. The van der Waals surface area contributed by atoms with E-state index in [1.807, 2.05) is 24.3 Å². The minimum Gasteiger partial charge on any atom is -0.264 e. The van der Waals surface area contributed by atoms with Crippen LogP contribution in [-0.2, 0) is 0 Å². The largest absolute Gasteiger partial charge is 0.264 e. The van der Waals surface area contributed by atoms with Crippen molar-refractivity contribution in [2.24, 2.45) is 0 Å². The van der Waals surface area contributed by atoms with Crippen molar-refractivity contribution in [3.8, 4) is 6.07 Å². The molecule has 0 aliphatic heterocycles. The molecule has 0 saturated heterocycles. The Kier molecular flexibility index (Phi) is 1.49. The number of hydrogen-bond acceptors (Lipinski definition) is 2. The molecule has 0 radical (unpaired) electrons. The van der Waals surface area contributed by atoms with Crippen molar-refractivity contribution in [1.82, 2.24) is 4.98 Å². The summed E-state index contributed by atoms with van der Waals surface area (Å²) in [6.07, 6.45) is 3.50. The summed E-state index contributed by atoms with van der Waals surface area (Å²) in [5.74, 6) is 0. The average Bonchev–Trinajstić information content (AvgIpc) is 2.17. The molecule has 56 valence electrons. The van der Waals surface area contributed by atoms with Gasteiger partial charge in [0, 0.05) is 17.8 Å². The number of benzene rings is 1. The Hall–Kier alpha value is -1.88. The Morgan fingerprint density at radius 3 is 2.92 bits per heavy atom. The van der Waals surface area contributed by atoms with E-state index < -0.39 is 0 Å². The maximum Gasteiger partial charge on any atom is 0.0991 e. The highest BCUT2D eigenvalue weighted by Crippen LogP contribution is 2.13. The maximum absolute atomic E-state index is 8.63. The first-order chi connectivity index (χ1) is 5.90. The fourth-order valence-corrected chi connectivity index (χ4v) is 1.15. The van der Waals surface area contributed by atoms with Gasteiger partial charge in [-0.1, -0.05) is 6.07 Å². The van der Waals surface area contributed by atoms with E-state index in [0.717, 1.165) is 10.8 Å².